The summed E-state index contributed by atoms with van der Waals surface area (Å²) in [6.45, 7) is 2.20. The first kappa shape index (κ1) is 14.0. The minimum Gasteiger partial charge on any atom is -0.488 e. The average molecular weight is 273 g/mol. The van der Waals surface area contributed by atoms with Crippen LogP contribution in [-0.2, 0) is 6.18 Å². The van der Waals surface area contributed by atoms with Gasteiger partial charge in [0.2, 0.25) is 0 Å². The third-order valence-electron chi connectivity index (χ3n) is 3.59. The van der Waals surface area contributed by atoms with Crippen molar-refractivity contribution in [3.63, 3.8) is 0 Å². The monoisotopic (exact) mass is 273 g/mol. The molecule has 19 heavy (non-hydrogen) atoms. The number of rotatable bonds is 2. The average Bonchev–Trinajstić information content (AvgIpc) is 2.33. The second-order valence-electron chi connectivity index (χ2n) is 5.25. The summed E-state index contributed by atoms with van der Waals surface area (Å²) in [7, 11) is 0. The third kappa shape index (κ3) is 3.55. The summed E-state index contributed by atoms with van der Waals surface area (Å²) >= 11 is 0. The van der Waals surface area contributed by atoms with Crippen molar-refractivity contribution < 1.29 is 17.9 Å². The van der Waals surface area contributed by atoms with E-state index >= 15 is 0 Å². The van der Waals surface area contributed by atoms with Gasteiger partial charge in [0, 0.05) is 0 Å². The fraction of sp³-hybridized carbons (Fsp3) is 0.571. The van der Waals surface area contributed by atoms with Gasteiger partial charge in [-0.25, -0.2) is 0 Å². The summed E-state index contributed by atoms with van der Waals surface area (Å²) in [5, 5.41) is 0. The molecule has 5 heteroatoms. The molecule has 106 valence electrons. The van der Waals surface area contributed by atoms with Crippen molar-refractivity contribution in [3.05, 3.63) is 23.8 Å². The fourth-order valence-corrected chi connectivity index (χ4v) is 2.36. The van der Waals surface area contributed by atoms with E-state index in [4.69, 9.17) is 10.5 Å². The number of anilines is 1. The van der Waals surface area contributed by atoms with Crippen LogP contribution in [0, 0.1) is 5.92 Å². The van der Waals surface area contributed by atoms with Crippen molar-refractivity contribution >= 4 is 5.69 Å². The van der Waals surface area contributed by atoms with Crippen LogP contribution >= 0.6 is 0 Å². The Bertz CT molecular complexity index is 437. The molecule has 2 rings (SSSR count). The van der Waals surface area contributed by atoms with Crippen LogP contribution in [0.5, 0.6) is 5.75 Å². The maximum atomic E-state index is 12.5. The van der Waals surface area contributed by atoms with Crippen LogP contribution in [-0.4, -0.2) is 6.10 Å². The van der Waals surface area contributed by atoms with Gasteiger partial charge < -0.3 is 10.5 Å². The predicted octanol–water partition coefficient (Wildman–Crippen LogP) is 4.25. The van der Waals surface area contributed by atoms with Gasteiger partial charge >= 0.3 is 6.18 Å². The van der Waals surface area contributed by atoms with Crippen molar-refractivity contribution in [2.75, 3.05) is 5.73 Å². The molecule has 1 aliphatic rings. The Labute approximate surface area is 110 Å². The summed E-state index contributed by atoms with van der Waals surface area (Å²) in [5.74, 6) is 1.05. The van der Waals surface area contributed by atoms with Crippen LogP contribution in [0.15, 0.2) is 18.2 Å². The van der Waals surface area contributed by atoms with Crippen molar-refractivity contribution in [2.45, 2.75) is 44.9 Å². The molecule has 0 spiro atoms. The topological polar surface area (TPSA) is 35.2 Å². The molecule has 0 aliphatic heterocycles. The van der Waals surface area contributed by atoms with Crippen molar-refractivity contribution in [3.8, 4) is 5.75 Å². The highest BCUT2D eigenvalue weighted by molar-refractivity contribution is 5.54. The van der Waals surface area contributed by atoms with Gasteiger partial charge in [-0.2, -0.15) is 13.2 Å². The van der Waals surface area contributed by atoms with E-state index < -0.39 is 11.7 Å². The SMILES string of the molecule is CC1CCC(Oc2ccc(C(F)(F)F)cc2N)CC1. The molecule has 1 fully saturated rings. The molecule has 0 amide bonds. The lowest BCUT2D eigenvalue weighted by molar-refractivity contribution is -0.137. The molecule has 1 aromatic carbocycles. The van der Waals surface area contributed by atoms with E-state index in [1.807, 2.05) is 0 Å². The number of hydrogen-bond donors (Lipinski definition) is 1. The molecule has 2 N–H and O–H groups in total. The van der Waals surface area contributed by atoms with Gasteiger partial charge in [-0.1, -0.05) is 6.92 Å². The third-order valence-corrected chi connectivity index (χ3v) is 3.59. The number of nitrogens with two attached hydrogens (primary N) is 1. The van der Waals surface area contributed by atoms with Crippen LogP contribution in [0.25, 0.3) is 0 Å². The number of benzene rings is 1. The highest BCUT2D eigenvalue weighted by atomic mass is 19.4. The molecule has 0 heterocycles. The standard InChI is InChI=1S/C14H18F3NO/c1-9-2-5-11(6-3-9)19-13-7-4-10(8-12(13)18)14(15,16)17/h4,7-9,11H,2-3,5-6,18H2,1H3. The summed E-state index contributed by atoms with van der Waals surface area (Å²) in [5.41, 5.74) is 4.95. The quantitative estimate of drug-likeness (QED) is 0.818. The summed E-state index contributed by atoms with van der Waals surface area (Å²) < 4.78 is 43.2. The van der Waals surface area contributed by atoms with Gasteiger partial charge in [-0.05, 0) is 49.8 Å². The molecule has 0 atom stereocenters. The van der Waals surface area contributed by atoms with Gasteiger partial charge in [0.25, 0.3) is 0 Å². The van der Waals surface area contributed by atoms with Crippen LogP contribution in [0.4, 0.5) is 18.9 Å². The molecule has 2 nitrogen and oxygen atoms in total. The van der Waals surface area contributed by atoms with Crippen LogP contribution in [0.2, 0.25) is 0 Å². The number of nitrogen functional groups attached to an aromatic ring is 1. The smallest absolute Gasteiger partial charge is 0.416 e. The van der Waals surface area contributed by atoms with Crippen LogP contribution in [0.1, 0.15) is 38.2 Å². The van der Waals surface area contributed by atoms with E-state index in [1.165, 1.54) is 6.07 Å². The largest absolute Gasteiger partial charge is 0.488 e. The molecule has 0 saturated heterocycles. The Morgan fingerprint density at radius 3 is 2.32 bits per heavy atom. The first-order chi connectivity index (χ1) is 8.86. The number of hydrogen-bond acceptors (Lipinski definition) is 2. The Morgan fingerprint density at radius 2 is 1.79 bits per heavy atom. The number of alkyl halides is 3. The Balaban J connectivity index is 2.05. The van der Waals surface area contributed by atoms with Gasteiger partial charge in [0.15, 0.2) is 0 Å². The second-order valence-corrected chi connectivity index (χ2v) is 5.25. The molecule has 0 unspecified atom stereocenters. The van der Waals surface area contributed by atoms with E-state index in [-0.39, 0.29) is 11.8 Å². The van der Waals surface area contributed by atoms with E-state index in [2.05, 4.69) is 6.92 Å². The lowest BCUT2D eigenvalue weighted by Crippen LogP contribution is -2.23. The summed E-state index contributed by atoms with van der Waals surface area (Å²) in [6, 6.07) is 3.26. The van der Waals surface area contributed by atoms with Crippen molar-refractivity contribution in [1.29, 1.82) is 0 Å². The second kappa shape index (κ2) is 5.31. The Morgan fingerprint density at radius 1 is 1.16 bits per heavy atom. The van der Waals surface area contributed by atoms with E-state index in [0.29, 0.717) is 11.7 Å². The fourth-order valence-electron chi connectivity index (χ4n) is 2.36. The van der Waals surface area contributed by atoms with E-state index in [9.17, 15) is 13.2 Å². The van der Waals surface area contributed by atoms with Crippen molar-refractivity contribution in [2.24, 2.45) is 5.92 Å². The molecule has 0 bridgehead atoms. The lowest BCUT2D eigenvalue weighted by atomic mass is 9.89. The number of halogens is 3. The highest BCUT2D eigenvalue weighted by Crippen LogP contribution is 2.35. The number of ether oxygens (including phenoxy) is 1. The summed E-state index contributed by atoms with van der Waals surface area (Å²) in [6.07, 6.45) is -0.262. The van der Waals surface area contributed by atoms with Gasteiger partial charge in [-0.3, -0.25) is 0 Å². The predicted molar refractivity (Wildman–Crippen MR) is 67.9 cm³/mol. The zero-order chi connectivity index (χ0) is 14.0. The minimum absolute atomic E-state index is 0.0495. The van der Waals surface area contributed by atoms with Crippen LogP contribution < -0.4 is 10.5 Å². The molecule has 0 radical (unpaired) electrons. The highest BCUT2D eigenvalue weighted by Gasteiger charge is 2.31. The normalized spacial score (nSPS) is 24.2. The zero-order valence-corrected chi connectivity index (χ0v) is 10.8. The molecule has 1 aromatic rings. The maximum Gasteiger partial charge on any atom is 0.416 e. The molecule has 1 aliphatic carbocycles. The zero-order valence-electron chi connectivity index (χ0n) is 10.8. The summed E-state index contributed by atoms with van der Waals surface area (Å²) in [4.78, 5) is 0. The van der Waals surface area contributed by atoms with Gasteiger partial charge in [0.1, 0.15) is 5.75 Å². The van der Waals surface area contributed by atoms with Gasteiger partial charge in [-0.15, -0.1) is 0 Å². The Kier molecular flexibility index (Phi) is 3.92. The van der Waals surface area contributed by atoms with Crippen molar-refractivity contribution in [1.82, 2.24) is 0 Å². The molecular weight excluding hydrogens is 255 g/mol. The minimum atomic E-state index is -4.37. The molecule has 0 aromatic heterocycles. The Hall–Kier alpha value is -1.39. The van der Waals surface area contributed by atoms with Crippen LogP contribution in [0.3, 0.4) is 0 Å². The first-order valence-corrected chi connectivity index (χ1v) is 6.49. The lowest BCUT2D eigenvalue weighted by Gasteiger charge is -2.27. The molecular formula is C14H18F3NO. The van der Waals surface area contributed by atoms with E-state index in [1.54, 1.807) is 0 Å². The van der Waals surface area contributed by atoms with Gasteiger partial charge in [0.05, 0.1) is 17.4 Å². The molecule has 1 saturated carbocycles. The maximum absolute atomic E-state index is 12.5. The van der Waals surface area contributed by atoms with E-state index in [0.717, 1.165) is 37.8 Å². The first-order valence-electron chi connectivity index (χ1n) is 6.49.